The SMILES string of the molecule is CCN(C1=C(Cl)C(=O)N(c2cccc(Cl)c2)C1=O)c1ccccc1. The quantitative estimate of drug-likeness (QED) is 0.767. The Bertz CT molecular complexity index is 834. The Labute approximate surface area is 149 Å². The monoisotopic (exact) mass is 360 g/mol. The molecule has 2 aromatic rings. The topological polar surface area (TPSA) is 40.6 Å². The van der Waals surface area contributed by atoms with Crippen molar-refractivity contribution in [2.75, 3.05) is 16.3 Å². The highest BCUT2D eigenvalue weighted by atomic mass is 35.5. The van der Waals surface area contributed by atoms with Gasteiger partial charge < -0.3 is 4.90 Å². The van der Waals surface area contributed by atoms with Gasteiger partial charge in [0.05, 0.1) is 5.69 Å². The van der Waals surface area contributed by atoms with E-state index in [4.69, 9.17) is 23.2 Å². The summed E-state index contributed by atoms with van der Waals surface area (Å²) in [4.78, 5) is 28.2. The molecule has 2 aromatic carbocycles. The van der Waals surface area contributed by atoms with Crippen LogP contribution in [0, 0.1) is 0 Å². The van der Waals surface area contributed by atoms with Gasteiger partial charge in [-0.2, -0.15) is 0 Å². The van der Waals surface area contributed by atoms with Crippen LogP contribution >= 0.6 is 23.2 Å². The van der Waals surface area contributed by atoms with Crippen molar-refractivity contribution in [3.05, 3.63) is 70.3 Å². The number of carbonyl (C=O) groups excluding carboxylic acids is 2. The molecule has 1 aliphatic rings. The molecule has 1 heterocycles. The molecule has 0 saturated heterocycles. The van der Waals surface area contributed by atoms with Gasteiger partial charge in [-0.05, 0) is 37.3 Å². The number of anilines is 2. The first-order valence-electron chi connectivity index (χ1n) is 7.41. The van der Waals surface area contributed by atoms with Gasteiger partial charge >= 0.3 is 0 Å². The van der Waals surface area contributed by atoms with Crippen molar-refractivity contribution in [1.82, 2.24) is 0 Å². The van der Waals surface area contributed by atoms with Crippen LogP contribution in [-0.2, 0) is 9.59 Å². The van der Waals surface area contributed by atoms with Crippen molar-refractivity contribution in [1.29, 1.82) is 0 Å². The summed E-state index contributed by atoms with van der Waals surface area (Å²) in [5.41, 5.74) is 1.37. The number of halogens is 2. The molecule has 4 nitrogen and oxygen atoms in total. The van der Waals surface area contributed by atoms with Crippen molar-refractivity contribution in [3.8, 4) is 0 Å². The van der Waals surface area contributed by atoms with Crippen molar-refractivity contribution >= 4 is 46.4 Å². The fourth-order valence-corrected chi connectivity index (χ4v) is 3.10. The maximum atomic E-state index is 12.9. The van der Waals surface area contributed by atoms with Gasteiger partial charge in [0.25, 0.3) is 11.8 Å². The summed E-state index contributed by atoms with van der Waals surface area (Å²) >= 11 is 12.2. The Morgan fingerprint density at radius 1 is 0.958 bits per heavy atom. The van der Waals surface area contributed by atoms with E-state index in [1.165, 1.54) is 0 Å². The lowest BCUT2D eigenvalue weighted by Gasteiger charge is -2.24. The van der Waals surface area contributed by atoms with Crippen LogP contribution in [0.1, 0.15) is 6.92 Å². The van der Waals surface area contributed by atoms with Crippen LogP contribution in [0.25, 0.3) is 0 Å². The minimum Gasteiger partial charge on any atom is -0.336 e. The molecule has 3 rings (SSSR count). The third-order valence-corrected chi connectivity index (χ3v) is 4.30. The van der Waals surface area contributed by atoms with E-state index in [9.17, 15) is 9.59 Å². The molecule has 0 atom stereocenters. The minimum absolute atomic E-state index is 0.0920. The third-order valence-electron chi connectivity index (χ3n) is 3.72. The predicted molar refractivity (Wildman–Crippen MR) is 96.3 cm³/mol. The Morgan fingerprint density at radius 3 is 2.29 bits per heavy atom. The maximum Gasteiger partial charge on any atom is 0.283 e. The van der Waals surface area contributed by atoms with Crippen LogP contribution in [0.2, 0.25) is 5.02 Å². The summed E-state index contributed by atoms with van der Waals surface area (Å²) < 4.78 is 0. The van der Waals surface area contributed by atoms with E-state index in [1.54, 1.807) is 29.2 Å². The number of likely N-dealkylation sites (N-methyl/N-ethyl adjacent to an activating group) is 1. The zero-order valence-electron chi connectivity index (χ0n) is 12.9. The maximum absolute atomic E-state index is 12.9. The van der Waals surface area contributed by atoms with E-state index in [0.717, 1.165) is 10.6 Å². The van der Waals surface area contributed by atoms with E-state index in [2.05, 4.69) is 0 Å². The number of carbonyl (C=O) groups is 2. The van der Waals surface area contributed by atoms with E-state index < -0.39 is 11.8 Å². The number of hydrogen-bond donors (Lipinski definition) is 0. The second-order valence-corrected chi connectivity index (χ2v) is 5.98. The first-order valence-corrected chi connectivity index (χ1v) is 8.17. The highest BCUT2D eigenvalue weighted by molar-refractivity contribution is 6.53. The van der Waals surface area contributed by atoms with Gasteiger partial charge in [-0.15, -0.1) is 0 Å². The van der Waals surface area contributed by atoms with Crippen LogP contribution in [0.4, 0.5) is 11.4 Å². The van der Waals surface area contributed by atoms with E-state index in [-0.39, 0.29) is 10.7 Å². The van der Waals surface area contributed by atoms with Gasteiger partial charge in [0.1, 0.15) is 10.7 Å². The molecule has 0 saturated carbocycles. The molecule has 2 amide bonds. The summed E-state index contributed by atoms with van der Waals surface area (Å²) in [5.74, 6) is -1.01. The highest BCUT2D eigenvalue weighted by Crippen LogP contribution is 2.34. The van der Waals surface area contributed by atoms with Crippen molar-refractivity contribution < 1.29 is 9.59 Å². The highest BCUT2D eigenvalue weighted by Gasteiger charge is 2.41. The van der Waals surface area contributed by atoms with Gasteiger partial charge in [0.2, 0.25) is 0 Å². The fraction of sp³-hybridized carbons (Fsp3) is 0.111. The molecule has 0 N–H and O–H groups in total. The zero-order valence-corrected chi connectivity index (χ0v) is 14.4. The smallest absolute Gasteiger partial charge is 0.283 e. The fourth-order valence-electron chi connectivity index (χ4n) is 2.65. The third kappa shape index (κ3) is 2.79. The molecule has 0 aromatic heterocycles. The van der Waals surface area contributed by atoms with Crippen molar-refractivity contribution in [3.63, 3.8) is 0 Å². The molecular weight excluding hydrogens is 347 g/mol. The van der Waals surface area contributed by atoms with Crippen molar-refractivity contribution in [2.24, 2.45) is 0 Å². The summed E-state index contributed by atoms with van der Waals surface area (Å²) in [6.07, 6.45) is 0. The number of para-hydroxylation sites is 1. The number of imide groups is 1. The van der Waals surface area contributed by atoms with Crippen LogP contribution in [0.3, 0.4) is 0 Å². The average Bonchev–Trinajstić information content (AvgIpc) is 2.80. The molecule has 0 spiro atoms. The summed E-state index contributed by atoms with van der Waals surface area (Å²) in [5, 5.41) is 0.346. The molecule has 24 heavy (non-hydrogen) atoms. The number of benzene rings is 2. The molecule has 0 fully saturated rings. The molecule has 1 aliphatic heterocycles. The second-order valence-electron chi connectivity index (χ2n) is 5.17. The lowest BCUT2D eigenvalue weighted by Crippen LogP contribution is -2.35. The zero-order chi connectivity index (χ0) is 17.3. The van der Waals surface area contributed by atoms with Crippen LogP contribution in [0.15, 0.2) is 65.3 Å². The molecule has 0 bridgehead atoms. The Morgan fingerprint density at radius 2 is 1.67 bits per heavy atom. The van der Waals surface area contributed by atoms with E-state index in [1.807, 2.05) is 37.3 Å². The first-order chi connectivity index (χ1) is 11.5. The summed E-state index contributed by atoms with van der Waals surface area (Å²) in [6, 6.07) is 15.9. The molecule has 122 valence electrons. The predicted octanol–water partition coefficient (Wildman–Crippen LogP) is 4.19. The molecule has 0 unspecified atom stereocenters. The number of hydrogen-bond acceptors (Lipinski definition) is 3. The van der Waals surface area contributed by atoms with Crippen LogP contribution in [0.5, 0.6) is 0 Å². The largest absolute Gasteiger partial charge is 0.336 e. The lowest BCUT2D eigenvalue weighted by atomic mass is 10.2. The Kier molecular flexibility index (Phi) is 4.60. The van der Waals surface area contributed by atoms with Crippen molar-refractivity contribution in [2.45, 2.75) is 6.92 Å². The van der Waals surface area contributed by atoms with Gasteiger partial charge in [-0.25, -0.2) is 4.90 Å². The molecule has 0 radical (unpaired) electrons. The van der Waals surface area contributed by atoms with Crippen LogP contribution < -0.4 is 9.80 Å². The van der Waals surface area contributed by atoms with Gasteiger partial charge in [-0.1, -0.05) is 47.5 Å². The Balaban J connectivity index is 2.03. The average molecular weight is 361 g/mol. The lowest BCUT2D eigenvalue weighted by molar-refractivity contribution is -0.120. The molecule has 6 heteroatoms. The minimum atomic E-state index is -0.548. The van der Waals surface area contributed by atoms with Crippen LogP contribution in [-0.4, -0.2) is 18.4 Å². The van der Waals surface area contributed by atoms with E-state index in [0.29, 0.717) is 17.3 Å². The molecule has 0 aliphatic carbocycles. The second kappa shape index (κ2) is 6.67. The summed E-state index contributed by atoms with van der Waals surface area (Å²) in [6.45, 7) is 2.39. The van der Waals surface area contributed by atoms with Gasteiger partial charge in [-0.3, -0.25) is 9.59 Å². The van der Waals surface area contributed by atoms with Gasteiger partial charge in [0, 0.05) is 17.3 Å². The molecular formula is C18H14Cl2N2O2. The standard InChI is InChI=1S/C18H14Cl2N2O2/c1-2-21(13-8-4-3-5-9-13)16-15(20)17(23)22(18(16)24)14-10-6-7-12(19)11-14/h3-11H,2H2,1H3. The van der Waals surface area contributed by atoms with E-state index >= 15 is 0 Å². The normalized spacial score (nSPS) is 14.5. The number of amides is 2. The summed E-state index contributed by atoms with van der Waals surface area (Å²) in [7, 11) is 0. The first kappa shape index (κ1) is 16.6. The number of nitrogens with zero attached hydrogens (tertiary/aromatic N) is 2. The Hall–Kier alpha value is -2.30. The number of rotatable bonds is 4. The van der Waals surface area contributed by atoms with Gasteiger partial charge in [0.15, 0.2) is 0 Å².